The summed E-state index contributed by atoms with van der Waals surface area (Å²) in [5.74, 6) is 1.05. The van der Waals surface area contributed by atoms with Crippen molar-refractivity contribution in [3.8, 4) is 17.2 Å². The van der Waals surface area contributed by atoms with Crippen molar-refractivity contribution in [1.82, 2.24) is 5.32 Å². The highest BCUT2D eigenvalue weighted by molar-refractivity contribution is 5.92. The fourth-order valence-corrected chi connectivity index (χ4v) is 2.61. The molecular weight excluding hydrogens is 362 g/mol. The van der Waals surface area contributed by atoms with Crippen molar-refractivity contribution in [2.45, 2.75) is 39.5 Å². The normalized spacial score (nSPS) is 13.1. The predicted molar refractivity (Wildman–Crippen MR) is 101 cm³/mol. The molecule has 28 heavy (non-hydrogen) atoms. The molecule has 0 fully saturated rings. The van der Waals surface area contributed by atoms with Crippen molar-refractivity contribution in [2.75, 3.05) is 6.79 Å². The minimum absolute atomic E-state index is 0.0475. The van der Waals surface area contributed by atoms with Gasteiger partial charge in [0.25, 0.3) is 5.91 Å². The van der Waals surface area contributed by atoms with Gasteiger partial charge in [-0.25, -0.2) is 4.79 Å². The van der Waals surface area contributed by atoms with Crippen LogP contribution in [0.5, 0.6) is 17.2 Å². The first-order chi connectivity index (χ1) is 13.4. The van der Waals surface area contributed by atoms with E-state index in [1.807, 2.05) is 19.9 Å². The number of carbonyl (C=O) groups is 2. The Morgan fingerprint density at radius 2 is 1.75 bits per heavy atom. The SMILES string of the molecule is CC(C)Oc1ccc(C(=O)O[C@@H](C)C(=O)NCc2ccc3c(c2)OCO3)cc1. The Hall–Kier alpha value is -3.22. The van der Waals surface area contributed by atoms with Crippen LogP contribution in [0.4, 0.5) is 0 Å². The molecule has 0 saturated heterocycles. The van der Waals surface area contributed by atoms with E-state index < -0.39 is 12.1 Å². The van der Waals surface area contributed by atoms with Gasteiger partial charge in [-0.15, -0.1) is 0 Å². The molecule has 7 heteroatoms. The van der Waals surface area contributed by atoms with E-state index in [1.54, 1.807) is 36.4 Å². The number of nitrogens with one attached hydrogen (secondary N) is 1. The topological polar surface area (TPSA) is 83.1 Å². The summed E-state index contributed by atoms with van der Waals surface area (Å²) in [6.07, 6.45) is -0.876. The number of esters is 1. The quantitative estimate of drug-likeness (QED) is 0.738. The monoisotopic (exact) mass is 385 g/mol. The molecule has 0 bridgehead atoms. The van der Waals surface area contributed by atoms with Crippen molar-refractivity contribution in [3.63, 3.8) is 0 Å². The predicted octanol–water partition coefficient (Wildman–Crippen LogP) is 3.06. The highest BCUT2D eigenvalue weighted by Gasteiger charge is 2.19. The Morgan fingerprint density at radius 3 is 2.46 bits per heavy atom. The Bertz CT molecular complexity index is 846. The Morgan fingerprint density at radius 1 is 1.04 bits per heavy atom. The van der Waals surface area contributed by atoms with E-state index in [1.165, 1.54) is 6.92 Å². The first-order valence-corrected chi connectivity index (χ1v) is 9.06. The second-order valence-electron chi connectivity index (χ2n) is 6.64. The van der Waals surface area contributed by atoms with Gasteiger partial charge in [0.15, 0.2) is 17.6 Å². The maximum absolute atomic E-state index is 12.2. The second-order valence-corrected chi connectivity index (χ2v) is 6.64. The van der Waals surface area contributed by atoms with E-state index in [4.69, 9.17) is 18.9 Å². The van der Waals surface area contributed by atoms with E-state index in [0.717, 1.165) is 5.56 Å². The third-order valence-corrected chi connectivity index (χ3v) is 4.02. The lowest BCUT2D eigenvalue weighted by Crippen LogP contribution is -2.35. The molecule has 0 saturated carbocycles. The van der Waals surface area contributed by atoms with Crippen LogP contribution in [-0.4, -0.2) is 30.9 Å². The number of ether oxygens (including phenoxy) is 4. The first kappa shape index (κ1) is 19.5. The second kappa shape index (κ2) is 8.65. The lowest BCUT2D eigenvalue weighted by molar-refractivity contribution is -0.129. The summed E-state index contributed by atoms with van der Waals surface area (Å²) in [7, 11) is 0. The molecule has 0 unspecified atom stereocenters. The molecule has 0 aliphatic carbocycles. The summed E-state index contributed by atoms with van der Waals surface area (Å²) in [5.41, 5.74) is 1.21. The third kappa shape index (κ3) is 4.94. The number of carbonyl (C=O) groups excluding carboxylic acids is 2. The smallest absolute Gasteiger partial charge is 0.338 e. The zero-order valence-corrected chi connectivity index (χ0v) is 16.1. The summed E-state index contributed by atoms with van der Waals surface area (Å²) >= 11 is 0. The van der Waals surface area contributed by atoms with Gasteiger partial charge >= 0.3 is 5.97 Å². The Labute approximate surface area is 163 Å². The molecule has 1 N–H and O–H groups in total. The first-order valence-electron chi connectivity index (χ1n) is 9.06. The highest BCUT2D eigenvalue weighted by Crippen LogP contribution is 2.32. The van der Waals surface area contributed by atoms with Gasteiger partial charge < -0.3 is 24.3 Å². The van der Waals surface area contributed by atoms with E-state index >= 15 is 0 Å². The largest absolute Gasteiger partial charge is 0.491 e. The maximum atomic E-state index is 12.2. The number of hydrogen-bond acceptors (Lipinski definition) is 6. The number of fused-ring (bicyclic) bond motifs is 1. The Balaban J connectivity index is 1.50. The molecule has 1 heterocycles. The molecule has 3 rings (SSSR count). The summed E-state index contributed by atoms with van der Waals surface area (Å²) in [5, 5.41) is 2.74. The minimum Gasteiger partial charge on any atom is -0.491 e. The van der Waals surface area contributed by atoms with Crippen molar-refractivity contribution < 1.29 is 28.5 Å². The van der Waals surface area contributed by atoms with Crippen LogP contribution < -0.4 is 19.5 Å². The molecule has 7 nitrogen and oxygen atoms in total. The van der Waals surface area contributed by atoms with Crippen molar-refractivity contribution in [2.24, 2.45) is 0 Å². The molecule has 1 aliphatic heterocycles. The number of rotatable bonds is 7. The van der Waals surface area contributed by atoms with E-state index in [9.17, 15) is 9.59 Å². The van der Waals surface area contributed by atoms with Crippen LogP contribution in [0, 0.1) is 0 Å². The lowest BCUT2D eigenvalue weighted by atomic mass is 10.2. The summed E-state index contributed by atoms with van der Waals surface area (Å²) < 4.78 is 21.3. The lowest BCUT2D eigenvalue weighted by Gasteiger charge is -2.14. The molecule has 0 aromatic heterocycles. The molecule has 2 aromatic rings. The zero-order chi connectivity index (χ0) is 20.1. The van der Waals surface area contributed by atoms with Gasteiger partial charge in [0.05, 0.1) is 11.7 Å². The molecule has 1 atom stereocenters. The standard InChI is InChI=1S/C21H23NO6/c1-13(2)27-17-7-5-16(6-8-17)21(24)28-14(3)20(23)22-11-15-4-9-18-19(10-15)26-12-25-18/h4-10,13-14H,11-12H2,1-3H3,(H,22,23)/t14-/m0/s1. The van der Waals surface area contributed by atoms with Crippen LogP contribution in [-0.2, 0) is 16.1 Å². The van der Waals surface area contributed by atoms with Gasteiger partial charge in [0.1, 0.15) is 5.75 Å². The highest BCUT2D eigenvalue weighted by atomic mass is 16.7. The summed E-state index contributed by atoms with van der Waals surface area (Å²) in [6.45, 7) is 5.86. The molecular formula is C21H23NO6. The Kier molecular flexibility index (Phi) is 6.03. The molecule has 0 radical (unpaired) electrons. The minimum atomic E-state index is -0.923. The van der Waals surface area contributed by atoms with Crippen LogP contribution in [0.25, 0.3) is 0 Å². The van der Waals surface area contributed by atoms with E-state index in [2.05, 4.69) is 5.32 Å². The van der Waals surface area contributed by atoms with Crippen LogP contribution in [0.1, 0.15) is 36.7 Å². The molecule has 1 aliphatic rings. The number of amides is 1. The number of hydrogen-bond donors (Lipinski definition) is 1. The summed E-state index contributed by atoms with van der Waals surface area (Å²) in [4.78, 5) is 24.4. The van der Waals surface area contributed by atoms with Crippen molar-refractivity contribution in [1.29, 1.82) is 0 Å². The molecule has 0 spiro atoms. The van der Waals surface area contributed by atoms with E-state index in [-0.39, 0.29) is 18.8 Å². The molecule has 2 aromatic carbocycles. The third-order valence-electron chi connectivity index (χ3n) is 4.02. The number of benzene rings is 2. The van der Waals surface area contributed by atoms with Crippen molar-refractivity contribution in [3.05, 3.63) is 53.6 Å². The fraction of sp³-hybridized carbons (Fsp3) is 0.333. The van der Waals surface area contributed by atoms with Crippen LogP contribution in [0.2, 0.25) is 0 Å². The van der Waals surface area contributed by atoms with Gasteiger partial charge in [-0.05, 0) is 62.7 Å². The van der Waals surface area contributed by atoms with Gasteiger partial charge in [0.2, 0.25) is 6.79 Å². The van der Waals surface area contributed by atoms with Crippen LogP contribution in [0.15, 0.2) is 42.5 Å². The molecule has 1 amide bonds. The molecule has 148 valence electrons. The fourth-order valence-electron chi connectivity index (χ4n) is 2.61. The van der Waals surface area contributed by atoms with Gasteiger partial charge in [-0.1, -0.05) is 6.07 Å². The van der Waals surface area contributed by atoms with Gasteiger partial charge in [-0.3, -0.25) is 4.79 Å². The van der Waals surface area contributed by atoms with Crippen molar-refractivity contribution >= 4 is 11.9 Å². The van der Waals surface area contributed by atoms with Crippen LogP contribution >= 0.6 is 0 Å². The average molecular weight is 385 g/mol. The van der Waals surface area contributed by atoms with Crippen LogP contribution in [0.3, 0.4) is 0 Å². The van der Waals surface area contributed by atoms with Gasteiger partial charge in [-0.2, -0.15) is 0 Å². The summed E-state index contributed by atoms with van der Waals surface area (Å²) in [6, 6.07) is 12.0. The van der Waals surface area contributed by atoms with Gasteiger partial charge in [0, 0.05) is 6.54 Å². The zero-order valence-electron chi connectivity index (χ0n) is 16.1. The average Bonchev–Trinajstić information content (AvgIpc) is 3.13. The maximum Gasteiger partial charge on any atom is 0.338 e. The van der Waals surface area contributed by atoms with E-state index in [0.29, 0.717) is 29.4 Å².